The summed E-state index contributed by atoms with van der Waals surface area (Å²) in [5.74, 6) is 2.22. The average molecular weight is 854 g/mol. The van der Waals surface area contributed by atoms with E-state index in [0.717, 1.165) is 24.3 Å². The van der Waals surface area contributed by atoms with Crippen molar-refractivity contribution < 1.29 is 48.7 Å². The number of ether oxygens (including phenoxy) is 4. The van der Waals surface area contributed by atoms with E-state index >= 15 is 0 Å². The van der Waals surface area contributed by atoms with Crippen molar-refractivity contribution in [3.63, 3.8) is 0 Å². The summed E-state index contributed by atoms with van der Waals surface area (Å²) in [6.07, 6.45) is 11.8. The quantitative estimate of drug-likeness (QED) is 0.0188. The number of hydrogen-bond donors (Lipinski definition) is 3. The molecule has 336 valence electrons. The first kappa shape index (κ1) is 55.6. The minimum Gasteiger partial charge on any atom is -0.508 e. The van der Waals surface area contributed by atoms with Crippen LogP contribution in [0.4, 0.5) is 0 Å². The van der Waals surface area contributed by atoms with Crippen molar-refractivity contribution >= 4 is 12.4 Å². The van der Waals surface area contributed by atoms with Crippen LogP contribution < -0.4 is 19.0 Å². The van der Waals surface area contributed by atoms with Crippen LogP contribution in [0.2, 0.25) is 0 Å². The van der Waals surface area contributed by atoms with Gasteiger partial charge in [0.15, 0.2) is 0 Å². The van der Waals surface area contributed by atoms with Gasteiger partial charge in [-0.1, -0.05) is 86.4 Å². The molecule has 0 aliphatic carbocycles. The largest absolute Gasteiger partial charge is 0.508 e. The molecule has 0 saturated carbocycles. The number of esters is 1. The van der Waals surface area contributed by atoms with Gasteiger partial charge in [-0.3, -0.25) is 9.59 Å². The molecule has 4 rings (SSSR count). The van der Waals surface area contributed by atoms with Gasteiger partial charge in [0.25, 0.3) is 6.47 Å². The number of carbonyl (C=O) groups is 2. The van der Waals surface area contributed by atoms with E-state index in [4.69, 9.17) is 29.3 Å². The summed E-state index contributed by atoms with van der Waals surface area (Å²) in [4.78, 5) is 25.9. The maximum absolute atomic E-state index is 10.4. The highest BCUT2D eigenvalue weighted by atomic mass is 16.7. The Kier molecular flexibility index (Phi) is 29.9. The van der Waals surface area contributed by atoms with E-state index in [1.54, 1.807) is 42.5 Å². The predicted molar refractivity (Wildman–Crippen MR) is 250 cm³/mol. The molecule has 3 N–H and O–H groups in total. The molecule has 11 nitrogen and oxygen atoms in total. The number of carbonyl (C=O) groups excluding carboxylic acids is 2. The number of methoxy groups -OCH3 is 1. The van der Waals surface area contributed by atoms with Gasteiger partial charge in [0, 0.05) is 45.7 Å². The number of benzene rings is 4. The van der Waals surface area contributed by atoms with Crippen molar-refractivity contribution in [3.8, 4) is 34.5 Å². The van der Waals surface area contributed by atoms with Crippen LogP contribution in [0.5, 0.6) is 34.5 Å². The Hall–Kier alpha value is -6.40. The van der Waals surface area contributed by atoms with Gasteiger partial charge >= 0.3 is 5.97 Å². The Labute approximate surface area is 369 Å². The van der Waals surface area contributed by atoms with E-state index in [0.29, 0.717) is 23.7 Å². The van der Waals surface area contributed by atoms with Crippen LogP contribution in [0.3, 0.4) is 0 Å². The molecule has 0 aromatic heterocycles. The highest BCUT2D eigenvalue weighted by molar-refractivity contribution is 5.69. The minimum atomic E-state index is -0.905. The van der Waals surface area contributed by atoms with Gasteiger partial charge in [0.05, 0.1) is 6.10 Å². The van der Waals surface area contributed by atoms with Crippen molar-refractivity contribution in [3.05, 3.63) is 169 Å². The smallest absolute Gasteiger partial charge is 0.308 e. The third-order valence-corrected chi connectivity index (χ3v) is 8.33. The molecule has 0 aliphatic rings. The maximum Gasteiger partial charge on any atom is 0.308 e. The van der Waals surface area contributed by atoms with Gasteiger partial charge in [-0.05, 0) is 119 Å². The molecule has 0 spiro atoms. The van der Waals surface area contributed by atoms with Crippen LogP contribution >= 0.6 is 0 Å². The minimum absolute atomic E-state index is 0.0827. The summed E-state index contributed by atoms with van der Waals surface area (Å²) in [5, 5.41) is 29.5. The summed E-state index contributed by atoms with van der Waals surface area (Å²) in [6, 6.07) is 28.1. The van der Waals surface area contributed by atoms with E-state index in [1.165, 1.54) is 47.9 Å². The number of phenols is 2. The summed E-state index contributed by atoms with van der Waals surface area (Å²) >= 11 is 0. The van der Waals surface area contributed by atoms with Crippen molar-refractivity contribution in [1.82, 2.24) is 5.06 Å². The lowest BCUT2D eigenvalue weighted by molar-refractivity contribution is -0.131. The monoisotopic (exact) mass is 853 g/mol. The van der Waals surface area contributed by atoms with E-state index in [-0.39, 0.29) is 23.5 Å². The number of aliphatic hydroxyl groups is 1. The van der Waals surface area contributed by atoms with Gasteiger partial charge in [0.1, 0.15) is 34.5 Å². The van der Waals surface area contributed by atoms with Crippen molar-refractivity contribution in [2.24, 2.45) is 0 Å². The van der Waals surface area contributed by atoms with Gasteiger partial charge in [0.2, 0.25) is 6.29 Å². The average Bonchev–Trinajstić information content (AvgIpc) is 3.26. The van der Waals surface area contributed by atoms with Crippen molar-refractivity contribution in [2.75, 3.05) is 20.7 Å². The van der Waals surface area contributed by atoms with Crippen LogP contribution in [-0.4, -0.2) is 65.9 Å². The molecule has 0 radical (unpaired) electrons. The highest BCUT2D eigenvalue weighted by Crippen LogP contribution is 2.28. The standard InChI is InChI=1S/C22H29NO3.C11H18O.C8H8O3.C7H6O3.C3H6/c1-6-16(3)22(24)25-20-12-8-18(9-13-20)17(4)19-10-14-21(15-11-19)26-23(5)7-2;1-5-7-8-11(6-2)9-10(3)12-4;1-6(9)11-8-4-2-3-7(10)5-8;8-5-10-7-3-1-2-6(9)4-7;1-3-2/h6,8-15,17,22,24H,7H2,1-5H3;5-8,10H,2,9H2,1,3-4H3;2-5,10H,1H3;1-5,9H;3H,1H2,2H3/b;7-5-,11-8+;;;. The molecule has 4 aromatic carbocycles. The summed E-state index contributed by atoms with van der Waals surface area (Å²) in [6.45, 7) is 23.4. The fourth-order valence-electron chi connectivity index (χ4n) is 4.63. The molecular weight excluding hydrogens is 787 g/mol. The second-order valence-corrected chi connectivity index (χ2v) is 13.3. The molecule has 3 atom stereocenters. The Bertz CT molecular complexity index is 1950. The molecular formula is C51H67NO10. The van der Waals surface area contributed by atoms with Crippen LogP contribution in [0, 0.1) is 0 Å². The maximum atomic E-state index is 10.4. The summed E-state index contributed by atoms with van der Waals surface area (Å²) in [5.41, 5.74) is 4.41. The van der Waals surface area contributed by atoms with Crippen LogP contribution in [0.25, 0.3) is 0 Å². The SMILES string of the molecule is C=C/C(=C\C=C/C)CC(C)OC.C=CC.CC(=O)Oc1cccc(O)c1.CC=C(C)C(O)Oc1ccc(C(C)c2ccc(ON(C)CC)cc2)cc1.O=COc1cccc(O)c1. The molecule has 0 fully saturated rings. The lowest BCUT2D eigenvalue weighted by atomic mass is 9.93. The Morgan fingerprint density at radius 3 is 1.76 bits per heavy atom. The molecule has 0 bridgehead atoms. The number of phenolic OH excluding ortho intramolecular Hbond substituents is 2. The van der Waals surface area contributed by atoms with Gasteiger partial charge in [-0.2, -0.15) is 0 Å². The second kappa shape index (κ2) is 33.3. The van der Waals surface area contributed by atoms with E-state index in [2.05, 4.69) is 43.0 Å². The predicted octanol–water partition coefficient (Wildman–Crippen LogP) is 11.3. The number of hydrogen-bond acceptors (Lipinski definition) is 11. The third kappa shape index (κ3) is 25.3. The number of hydroxylamine groups is 2. The number of rotatable bonds is 16. The van der Waals surface area contributed by atoms with E-state index in [1.807, 2.05) is 109 Å². The molecule has 11 heteroatoms. The Morgan fingerprint density at radius 1 is 0.806 bits per heavy atom. The van der Waals surface area contributed by atoms with Gasteiger partial charge < -0.3 is 39.1 Å². The van der Waals surface area contributed by atoms with Gasteiger partial charge in [-0.15, -0.1) is 11.6 Å². The molecule has 0 saturated heterocycles. The van der Waals surface area contributed by atoms with Crippen LogP contribution in [-0.2, 0) is 14.3 Å². The van der Waals surface area contributed by atoms with Gasteiger partial charge in [-0.25, -0.2) is 0 Å². The zero-order chi connectivity index (χ0) is 46.9. The molecule has 62 heavy (non-hydrogen) atoms. The second-order valence-electron chi connectivity index (χ2n) is 13.3. The fraction of sp³-hybridized carbons (Fsp3) is 0.294. The van der Waals surface area contributed by atoms with Crippen molar-refractivity contribution in [2.45, 2.75) is 80.1 Å². The lowest BCUT2D eigenvalue weighted by Crippen LogP contribution is -2.21. The third-order valence-electron chi connectivity index (χ3n) is 8.33. The summed E-state index contributed by atoms with van der Waals surface area (Å²) in [7, 11) is 3.63. The van der Waals surface area contributed by atoms with Crippen LogP contribution in [0.1, 0.15) is 78.9 Å². The van der Waals surface area contributed by atoms with E-state index < -0.39 is 12.3 Å². The first-order valence-corrected chi connectivity index (χ1v) is 20.1. The Balaban J connectivity index is 0.000000861. The highest BCUT2D eigenvalue weighted by Gasteiger charge is 2.11. The Morgan fingerprint density at radius 2 is 1.32 bits per heavy atom. The number of allylic oxidation sites excluding steroid dienone is 6. The van der Waals surface area contributed by atoms with E-state index in [9.17, 15) is 14.7 Å². The summed E-state index contributed by atoms with van der Waals surface area (Å²) < 4.78 is 19.8. The topological polar surface area (TPSA) is 144 Å². The fourth-order valence-corrected chi connectivity index (χ4v) is 4.63. The molecule has 3 unspecified atom stereocenters. The number of nitrogens with zero attached hydrogens (tertiary/aromatic N) is 1. The first-order valence-electron chi connectivity index (χ1n) is 20.1. The first-order chi connectivity index (χ1) is 29.6. The molecule has 4 aromatic rings. The number of aliphatic hydroxyl groups excluding tert-OH is 1. The molecule has 0 amide bonds. The lowest BCUT2D eigenvalue weighted by Gasteiger charge is -2.18. The zero-order valence-corrected chi connectivity index (χ0v) is 38.0. The van der Waals surface area contributed by atoms with Crippen molar-refractivity contribution in [1.29, 1.82) is 0 Å². The molecule has 0 aliphatic heterocycles. The molecule has 0 heterocycles. The number of aromatic hydroxyl groups is 2. The zero-order valence-electron chi connectivity index (χ0n) is 38.0. The normalized spacial score (nSPS) is 12.1. The van der Waals surface area contributed by atoms with Crippen LogP contribution in [0.15, 0.2) is 158 Å².